The van der Waals surface area contributed by atoms with Crippen molar-refractivity contribution in [3.05, 3.63) is 24.3 Å². The summed E-state index contributed by atoms with van der Waals surface area (Å²) in [4.78, 5) is 0. The Morgan fingerprint density at radius 2 is 1.40 bits per heavy atom. The normalized spacial score (nSPS) is 39.9. The monoisotopic (exact) mass is 630 g/mol. The smallest absolute Gasteiger partial charge is 0.386 e. The Labute approximate surface area is 234 Å². The van der Waals surface area contributed by atoms with Gasteiger partial charge in [0.2, 0.25) is 0 Å². The molecule has 3 fully saturated rings. The van der Waals surface area contributed by atoms with E-state index in [1.54, 1.807) is 25.2 Å². The van der Waals surface area contributed by atoms with Gasteiger partial charge in [-0.2, -0.15) is 43.9 Å². The van der Waals surface area contributed by atoms with E-state index >= 15 is 0 Å². The molecular weight excluding hydrogens is 598 g/mol. The van der Waals surface area contributed by atoms with Crippen molar-refractivity contribution >= 4 is 0 Å². The lowest BCUT2D eigenvalue weighted by Crippen LogP contribution is -2.71. The van der Waals surface area contributed by atoms with Gasteiger partial charge in [-0.1, -0.05) is 37.6 Å². The van der Waals surface area contributed by atoms with E-state index in [2.05, 4.69) is 4.74 Å². The molecule has 0 amide bonds. The summed E-state index contributed by atoms with van der Waals surface area (Å²) in [7, 11) is 0. The molecule has 0 aromatic heterocycles. The van der Waals surface area contributed by atoms with Gasteiger partial charge in [-0.05, 0) is 67.6 Å². The molecule has 16 heteroatoms. The molecule has 6 nitrogen and oxygen atoms in total. The van der Waals surface area contributed by atoms with Crippen LogP contribution in [0.4, 0.5) is 43.9 Å². The Morgan fingerprint density at radius 3 is 1.81 bits per heavy atom. The molecule has 4 bridgehead atoms. The second-order valence-electron chi connectivity index (χ2n) is 11.8. The summed E-state index contributed by atoms with van der Waals surface area (Å²) in [6, 6.07) is 0. The highest BCUT2D eigenvalue weighted by molar-refractivity contribution is 5.15. The Kier molecular flexibility index (Phi) is 8.64. The third-order valence-electron chi connectivity index (χ3n) is 9.00. The molecule has 0 aromatic rings. The number of aliphatic hydroxyl groups excluding tert-OH is 1. The molecule has 5 aliphatic rings. The third kappa shape index (κ3) is 5.37. The van der Waals surface area contributed by atoms with E-state index in [0.29, 0.717) is 25.7 Å². The molecule has 1 heterocycles. The highest BCUT2D eigenvalue weighted by Crippen LogP contribution is 2.56. The van der Waals surface area contributed by atoms with Crippen molar-refractivity contribution in [1.29, 1.82) is 0 Å². The van der Waals surface area contributed by atoms with Crippen LogP contribution >= 0.6 is 0 Å². The van der Waals surface area contributed by atoms with Crippen LogP contribution < -0.4 is 0 Å². The molecule has 4 aliphatic carbocycles. The van der Waals surface area contributed by atoms with Gasteiger partial charge in [0.05, 0.1) is 0 Å². The quantitative estimate of drug-likeness (QED) is 0.186. The zero-order valence-corrected chi connectivity index (χ0v) is 22.1. The lowest BCUT2D eigenvalue weighted by atomic mass is 9.82. The molecule has 4 N–H and O–H groups in total. The number of ether oxygens (including phenoxy) is 2. The Bertz CT molecular complexity index is 1040. The molecule has 0 radical (unpaired) electrons. The largest absolute Gasteiger partial charge is 0.449 e. The minimum Gasteiger partial charge on any atom is -0.386 e. The molecule has 0 aromatic carbocycles. The Balaban J connectivity index is 0.000000197. The minimum atomic E-state index is -5.95. The van der Waals surface area contributed by atoms with E-state index in [0.717, 1.165) is 0 Å². The van der Waals surface area contributed by atoms with Crippen molar-refractivity contribution in [2.24, 2.45) is 35.5 Å². The van der Waals surface area contributed by atoms with Gasteiger partial charge in [-0.3, -0.25) is 0 Å². The molecule has 10 unspecified atom stereocenters. The summed E-state index contributed by atoms with van der Waals surface area (Å²) < 4.78 is 142. The average molecular weight is 631 g/mol. The maximum absolute atomic E-state index is 14.6. The number of aliphatic hydroxyl groups is 4. The number of halogens is 10. The minimum absolute atomic E-state index is 0.00161. The summed E-state index contributed by atoms with van der Waals surface area (Å²) in [5.74, 6) is -21.9. The topological polar surface area (TPSA) is 99.4 Å². The number of hydrogen-bond donors (Lipinski definition) is 4. The number of hydrogen-bond acceptors (Lipinski definition) is 6. The van der Waals surface area contributed by atoms with Crippen molar-refractivity contribution in [3.8, 4) is 0 Å². The fraction of sp³-hybridized carbons (Fsp3) is 0.846. The van der Waals surface area contributed by atoms with Gasteiger partial charge >= 0.3 is 35.8 Å². The molecular formula is C26H32F10O6. The van der Waals surface area contributed by atoms with Gasteiger partial charge in [0.1, 0.15) is 12.2 Å². The van der Waals surface area contributed by atoms with Gasteiger partial charge in [-0.25, -0.2) is 0 Å². The van der Waals surface area contributed by atoms with Crippen LogP contribution in [-0.2, 0) is 9.47 Å². The fourth-order valence-electron chi connectivity index (χ4n) is 6.75. The van der Waals surface area contributed by atoms with Crippen molar-refractivity contribution in [2.45, 2.75) is 99.7 Å². The second kappa shape index (κ2) is 10.9. The zero-order valence-electron chi connectivity index (χ0n) is 22.1. The molecule has 42 heavy (non-hydrogen) atoms. The molecule has 0 spiro atoms. The van der Waals surface area contributed by atoms with Gasteiger partial charge in [0, 0.05) is 0 Å². The Morgan fingerprint density at radius 1 is 0.857 bits per heavy atom. The first-order valence-corrected chi connectivity index (χ1v) is 13.5. The van der Waals surface area contributed by atoms with Crippen LogP contribution in [0.15, 0.2) is 24.3 Å². The SMILES string of the molecule is CCCC1OC(C2CC3C=CC2C3)C(F)(F)C(O)(C(F)(F)F)O1.OC(C1CC2C=CC1C2)C(F)(F)C(O)(O)C(F)(F)F. The van der Waals surface area contributed by atoms with Crippen molar-refractivity contribution in [3.63, 3.8) is 0 Å². The van der Waals surface area contributed by atoms with Gasteiger partial charge < -0.3 is 29.9 Å². The van der Waals surface area contributed by atoms with Crippen molar-refractivity contribution in [2.75, 3.05) is 0 Å². The van der Waals surface area contributed by atoms with Crippen molar-refractivity contribution < 1.29 is 73.8 Å². The molecule has 2 saturated carbocycles. The van der Waals surface area contributed by atoms with Crippen LogP contribution in [0, 0.1) is 35.5 Å². The van der Waals surface area contributed by atoms with E-state index in [9.17, 15) is 54.1 Å². The van der Waals surface area contributed by atoms with Crippen LogP contribution in [0.2, 0.25) is 0 Å². The fourth-order valence-corrected chi connectivity index (χ4v) is 6.75. The zero-order chi connectivity index (χ0) is 31.7. The van der Waals surface area contributed by atoms with Crippen LogP contribution in [0.3, 0.4) is 0 Å². The van der Waals surface area contributed by atoms with Crippen LogP contribution in [0.1, 0.15) is 45.4 Å². The predicted octanol–water partition coefficient (Wildman–Crippen LogP) is 5.06. The van der Waals surface area contributed by atoms with E-state index in [1.807, 2.05) is 6.08 Å². The number of rotatable bonds is 6. The van der Waals surface area contributed by atoms with Gasteiger partial charge in [0.15, 0.2) is 6.29 Å². The lowest BCUT2D eigenvalue weighted by molar-refractivity contribution is -0.507. The second-order valence-corrected chi connectivity index (χ2v) is 11.8. The molecule has 1 aliphatic heterocycles. The maximum atomic E-state index is 14.6. The third-order valence-corrected chi connectivity index (χ3v) is 9.00. The first kappa shape index (κ1) is 33.4. The number of alkyl halides is 10. The Hall–Kier alpha value is -1.46. The van der Waals surface area contributed by atoms with Crippen LogP contribution in [-0.4, -0.2) is 74.7 Å². The van der Waals surface area contributed by atoms with Gasteiger partial charge in [-0.15, -0.1) is 0 Å². The van der Waals surface area contributed by atoms with Crippen molar-refractivity contribution in [1.82, 2.24) is 0 Å². The van der Waals surface area contributed by atoms with Gasteiger partial charge in [0.25, 0.3) is 0 Å². The highest BCUT2D eigenvalue weighted by Gasteiger charge is 2.78. The lowest BCUT2D eigenvalue weighted by Gasteiger charge is -2.49. The maximum Gasteiger partial charge on any atom is 0.449 e. The summed E-state index contributed by atoms with van der Waals surface area (Å²) in [6.45, 7) is 1.67. The molecule has 1 saturated heterocycles. The summed E-state index contributed by atoms with van der Waals surface area (Å²) in [5.41, 5.74) is 0. The van der Waals surface area contributed by atoms with E-state index in [1.165, 1.54) is 0 Å². The first-order valence-electron chi connectivity index (χ1n) is 13.5. The number of fused-ring (bicyclic) bond motifs is 4. The van der Waals surface area contributed by atoms with E-state index < -0.39 is 72.0 Å². The number of allylic oxidation sites excluding steroid dienone is 4. The summed E-state index contributed by atoms with van der Waals surface area (Å²) in [6.07, 6.45) is -8.87. The first-order chi connectivity index (χ1) is 19.1. The summed E-state index contributed by atoms with van der Waals surface area (Å²) in [5, 5.41) is 36.6. The standard InChI is InChI=1S/C15H19F5O3.C11H13F5O3/c1-2-3-11-22-12(10-7-8-4-5-9(10)6-8)13(16,17)14(21,23-11)15(18,19)20;12-9(13,10(18,19)11(14,15)16)8(17)7-4-5-1-2-6(7)3-5/h4-5,8-12,21H,2-3,6-7H2,1H3;1-2,5-8,17-19H,3-4H2. The summed E-state index contributed by atoms with van der Waals surface area (Å²) >= 11 is 0. The van der Waals surface area contributed by atoms with E-state index in [4.69, 9.17) is 14.9 Å². The van der Waals surface area contributed by atoms with E-state index in [-0.39, 0.29) is 30.6 Å². The molecule has 10 atom stereocenters. The van der Waals surface area contributed by atoms with Crippen LogP contribution in [0.5, 0.6) is 0 Å². The highest BCUT2D eigenvalue weighted by atomic mass is 19.4. The predicted molar refractivity (Wildman–Crippen MR) is 122 cm³/mol. The molecule has 242 valence electrons. The van der Waals surface area contributed by atoms with Crippen LogP contribution in [0.25, 0.3) is 0 Å². The molecule has 5 rings (SSSR count). The average Bonchev–Trinajstić information content (AvgIpc) is 3.67.